The second-order valence-corrected chi connectivity index (χ2v) is 8.92. The van der Waals surface area contributed by atoms with E-state index >= 15 is 0 Å². The highest BCUT2D eigenvalue weighted by molar-refractivity contribution is 7.88. The summed E-state index contributed by atoms with van der Waals surface area (Å²) in [4.78, 5) is 14.2. The molecule has 0 N–H and O–H groups in total. The lowest BCUT2D eigenvalue weighted by atomic mass is 10.1. The second-order valence-electron chi connectivity index (χ2n) is 6.95. The van der Waals surface area contributed by atoms with Crippen LogP contribution in [0.5, 0.6) is 0 Å². The smallest absolute Gasteiger partial charge is 0.222 e. The van der Waals surface area contributed by atoms with Gasteiger partial charge in [-0.25, -0.2) is 8.42 Å². The molecule has 0 saturated carbocycles. The Morgan fingerprint density at radius 3 is 2.22 bits per heavy atom. The minimum atomic E-state index is -3.37. The summed E-state index contributed by atoms with van der Waals surface area (Å²) in [6.45, 7) is 3.58. The number of benzene rings is 2. The molecule has 0 aliphatic carbocycles. The third-order valence-corrected chi connectivity index (χ3v) is 6.88. The van der Waals surface area contributed by atoms with Gasteiger partial charge in [-0.3, -0.25) is 4.79 Å². The Morgan fingerprint density at radius 2 is 1.56 bits per heavy atom. The van der Waals surface area contributed by atoms with Crippen LogP contribution in [0, 0.1) is 6.92 Å². The van der Waals surface area contributed by atoms with Crippen LogP contribution in [0.2, 0.25) is 0 Å². The van der Waals surface area contributed by atoms with Gasteiger partial charge in [-0.1, -0.05) is 54.6 Å². The molecule has 6 heteroatoms. The quantitative estimate of drug-likeness (QED) is 0.767. The van der Waals surface area contributed by atoms with Crippen molar-refractivity contribution in [1.82, 2.24) is 9.21 Å². The minimum absolute atomic E-state index is 0.0155. The third-order valence-electron chi connectivity index (χ3n) is 5.05. The molecule has 1 saturated heterocycles. The summed E-state index contributed by atoms with van der Waals surface area (Å²) < 4.78 is 26.9. The number of hydrogen-bond acceptors (Lipinski definition) is 3. The highest BCUT2D eigenvalue weighted by Gasteiger charge is 2.29. The zero-order valence-corrected chi connectivity index (χ0v) is 16.5. The van der Waals surface area contributed by atoms with Crippen molar-refractivity contribution < 1.29 is 13.2 Å². The van der Waals surface area contributed by atoms with E-state index in [9.17, 15) is 13.2 Å². The van der Waals surface area contributed by atoms with Crippen molar-refractivity contribution in [3.05, 3.63) is 71.3 Å². The van der Waals surface area contributed by atoms with Crippen LogP contribution in [0.1, 0.15) is 23.1 Å². The first kappa shape index (κ1) is 19.6. The Hall–Kier alpha value is -2.18. The van der Waals surface area contributed by atoms with Gasteiger partial charge in [0.05, 0.1) is 5.75 Å². The fraction of sp³-hybridized carbons (Fsp3) is 0.381. The maximum Gasteiger partial charge on any atom is 0.222 e. The van der Waals surface area contributed by atoms with Crippen molar-refractivity contribution in [1.29, 1.82) is 0 Å². The molecule has 1 amide bonds. The molecule has 3 rings (SSSR count). The Balaban J connectivity index is 1.52. The number of aryl methyl sites for hydroxylation is 2. The van der Waals surface area contributed by atoms with Crippen molar-refractivity contribution >= 4 is 15.9 Å². The molecular weight excluding hydrogens is 360 g/mol. The molecule has 1 aliphatic heterocycles. The molecule has 0 radical (unpaired) electrons. The number of sulfonamides is 1. The molecule has 144 valence electrons. The lowest BCUT2D eigenvalue weighted by molar-refractivity contribution is -0.132. The van der Waals surface area contributed by atoms with Gasteiger partial charge in [-0.15, -0.1) is 0 Å². The van der Waals surface area contributed by atoms with Gasteiger partial charge in [0.15, 0.2) is 0 Å². The zero-order chi connectivity index (χ0) is 19.3. The summed E-state index contributed by atoms with van der Waals surface area (Å²) in [6, 6.07) is 17.5. The highest BCUT2D eigenvalue weighted by atomic mass is 32.2. The first-order chi connectivity index (χ1) is 13.0. The van der Waals surface area contributed by atoms with Crippen LogP contribution in [-0.2, 0) is 27.0 Å². The first-order valence-electron chi connectivity index (χ1n) is 9.30. The van der Waals surface area contributed by atoms with Crippen LogP contribution < -0.4 is 0 Å². The average molecular weight is 387 g/mol. The standard InChI is InChI=1S/C21H26N2O3S/c1-18-7-5-6-10-20(18)17-27(25,26)23-15-13-22(14-16-23)21(24)12-11-19-8-3-2-4-9-19/h2-10H,11-17H2,1H3. The van der Waals surface area contributed by atoms with Crippen LogP contribution >= 0.6 is 0 Å². The Morgan fingerprint density at radius 1 is 0.926 bits per heavy atom. The van der Waals surface area contributed by atoms with Gasteiger partial charge in [-0.05, 0) is 30.0 Å². The molecule has 1 aliphatic rings. The maximum atomic E-state index is 12.7. The van der Waals surface area contributed by atoms with E-state index in [2.05, 4.69) is 0 Å². The van der Waals surface area contributed by atoms with Gasteiger partial charge >= 0.3 is 0 Å². The molecule has 27 heavy (non-hydrogen) atoms. The minimum Gasteiger partial charge on any atom is -0.340 e. The Bertz CT molecular complexity index is 873. The molecule has 1 fully saturated rings. The molecule has 5 nitrogen and oxygen atoms in total. The van der Waals surface area contributed by atoms with Crippen molar-refractivity contribution in [2.24, 2.45) is 0 Å². The number of nitrogens with zero attached hydrogens (tertiary/aromatic N) is 2. The second kappa shape index (κ2) is 8.67. The van der Waals surface area contributed by atoms with Gasteiger partial charge < -0.3 is 4.90 Å². The zero-order valence-electron chi connectivity index (χ0n) is 15.7. The first-order valence-corrected chi connectivity index (χ1v) is 10.9. The van der Waals surface area contributed by atoms with Crippen LogP contribution in [0.4, 0.5) is 0 Å². The normalized spacial score (nSPS) is 15.7. The highest BCUT2D eigenvalue weighted by Crippen LogP contribution is 2.17. The fourth-order valence-corrected chi connectivity index (χ4v) is 4.95. The van der Waals surface area contributed by atoms with Gasteiger partial charge in [0.25, 0.3) is 0 Å². The molecule has 0 unspecified atom stereocenters. The number of rotatable bonds is 6. The third kappa shape index (κ3) is 5.17. The summed E-state index contributed by atoms with van der Waals surface area (Å²) in [5.74, 6) is 0.108. The predicted octanol–water partition coefficient (Wildman–Crippen LogP) is 2.60. The number of carbonyl (C=O) groups is 1. The number of piperazine rings is 1. The number of carbonyl (C=O) groups excluding carboxylic acids is 1. The van der Waals surface area contributed by atoms with Crippen LogP contribution in [0.15, 0.2) is 54.6 Å². The lowest BCUT2D eigenvalue weighted by Crippen LogP contribution is -2.50. The van der Waals surface area contributed by atoms with Crippen LogP contribution in [-0.4, -0.2) is 49.7 Å². The van der Waals surface area contributed by atoms with Crippen molar-refractivity contribution in [3.63, 3.8) is 0 Å². The Labute approximate surface area is 161 Å². The molecule has 0 spiro atoms. The lowest BCUT2D eigenvalue weighted by Gasteiger charge is -2.34. The van der Waals surface area contributed by atoms with E-state index in [0.717, 1.165) is 16.7 Å². The average Bonchev–Trinajstić information content (AvgIpc) is 2.69. The van der Waals surface area contributed by atoms with E-state index in [1.165, 1.54) is 4.31 Å². The summed E-state index contributed by atoms with van der Waals surface area (Å²) in [5.41, 5.74) is 2.96. The van der Waals surface area contributed by atoms with Gasteiger partial charge in [0, 0.05) is 32.6 Å². The van der Waals surface area contributed by atoms with E-state index in [1.807, 2.05) is 61.5 Å². The molecule has 1 heterocycles. The van der Waals surface area contributed by atoms with Gasteiger partial charge in [0.1, 0.15) is 0 Å². The molecule has 2 aromatic rings. The van der Waals surface area contributed by atoms with Crippen molar-refractivity contribution in [2.45, 2.75) is 25.5 Å². The topological polar surface area (TPSA) is 57.7 Å². The largest absolute Gasteiger partial charge is 0.340 e. The summed E-state index contributed by atoms with van der Waals surface area (Å²) in [5, 5.41) is 0. The SMILES string of the molecule is Cc1ccccc1CS(=O)(=O)N1CCN(C(=O)CCc2ccccc2)CC1. The van der Waals surface area contributed by atoms with E-state index in [0.29, 0.717) is 39.0 Å². The van der Waals surface area contributed by atoms with Crippen LogP contribution in [0.3, 0.4) is 0 Å². The fourth-order valence-electron chi connectivity index (χ4n) is 3.33. The maximum absolute atomic E-state index is 12.7. The van der Waals surface area contributed by atoms with Gasteiger partial charge in [0.2, 0.25) is 15.9 Å². The number of amides is 1. The van der Waals surface area contributed by atoms with Crippen molar-refractivity contribution in [3.8, 4) is 0 Å². The molecular formula is C21H26N2O3S. The molecule has 0 atom stereocenters. The van der Waals surface area contributed by atoms with E-state index in [1.54, 1.807) is 4.90 Å². The summed E-state index contributed by atoms with van der Waals surface area (Å²) in [6.07, 6.45) is 1.17. The molecule has 2 aromatic carbocycles. The monoisotopic (exact) mass is 386 g/mol. The van der Waals surface area contributed by atoms with Crippen molar-refractivity contribution in [2.75, 3.05) is 26.2 Å². The van der Waals surface area contributed by atoms with Crippen LogP contribution in [0.25, 0.3) is 0 Å². The predicted molar refractivity (Wildman–Crippen MR) is 107 cm³/mol. The molecule has 0 bridgehead atoms. The van der Waals surface area contributed by atoms with E-state index in [-0.39, 0.29) is 11.7 Å². The molecule has 0 aromatic heterocycles. The summed E-state index contributed by atoms with van der Waals surface area (Å²) in [7, 11) is -3.37. The van der Waals surface area contributed by atoms with E-state index in [4.69, 9.17) is 0 Å². The van der Waals surface area contributed by atoms with Gasteiger partial charge in [-0.2, -0.15) is 4.31 Å². The van der Waals surface area contributed by atoms with E-state index < -0.39 is 10.0 Å². The summed E-state index contributed by atoms with van der Waals surface area (Å²) >= 11 is 0. The number of hydrogen-bond donors (Lipinski definition) is 0. The Kier molecular flexibility index (Phi) is 6.29.